The van der Waals surface area contributed by atoms with Gasteiger partial charge in [0.15, 0.2) is 0 Å². The molecule has 0 radical (unpaired) electrons. The SMILES string of the molecule is CNCCN(C)C(=O)C1C2CCc3ccccc3C21. The second-order valence-electron chi connectivity index (χ2n) is 5.82. The van der Waals surface area contributed by atoms with Crippen molar-refractivity contribution in [1.29, 1.82) is 0 Å². The fraction of sp³-hybridized carbons (Fsp3) is 0.562. The highest BCUT2D eigenvalue weighted by Crippen LogP contribution is 2.60. The van der Waals surface area contributed by atoms with Gasteiger partial charge in [0, 0.05) is 26.1 Å². The van der Waals surface area contributed by atoms with E-state index in [1.54, 1.807) is 0 Å². The van der Waals surface area contributed by atoms with Gasteiger partial charge in [-0.25, -0.2) is 0 Å². The minimum absolute atomic E-state index is 0.241. The summed E-state index contributed by atoms with van der Waals surface area (Å²) in [7, 11) is 3.85. The number of amides is 1. The molecule has 3 heteroatoms. The fourth-order valence-electron chi connectivity index (χ4n) is 3.55. The fourth-order valence-corrected chi connectivity index (χ4v) is 3.55. The van der Waals surface area contributed by atoms with Gasteiger partial charge >= 0.3 is 0 Å². The Hall–Kier alpha value is -1.35. The van der Waals surface area contributed by atoms with E-state index < -0.39 is 0 Å². The number of carbonyl (C=O) groups is 1. The third-order valence-electron chi connectivity index (χ3n) is 4.69. The maximum absolute atomic E-state index is 12.5. The lowest BCUT2D eigenvalue weighted by molar-refractivity contribution is -0.131. The van der Waals surface area contributed by atoms with Crippen LogP contribution in [0.25, 0.3) is 0 Å². The monoisotopic (exact) mass is 258 g/mol. The number of nitrogens with zero attached hydrogens (tertiary/aromatic N) is 1. The third-order valence-corrected chi connectivity index (χ3v) is 4.69. The van der Waals surface area contributed by atoms with Crippen molar-refractivity contribution < 1.29 is 4.79 Å². The van der Waals surface area contributed by atoms with Gasteiger partial charge in [-0.1, -0.05) is 24.3 Å². The Labute approximate surface area is 115 Å². The standard InChI is InChI=1S/C16H22N2O/c1-17-9-10-18(2)16(19)15-13-8-7-11-5-3-4-6-12(11)14(13)15/h3-6,13-15,17H,7-10H2,1-2H3. The van der Waals surface area contributed by atoms with Crippen LogP contribution in [0.3, 0.4) is 0 Å². The van der Waals surface area contributed by atoms with Gasteiger partial charge in [-0.3, -0.25) is 4.79 Å². The maximum atomic E-state index is 12.5. The summed E-state index contributed by atoms with van der Waals surface area (Å²) in [6.45, 7) is 1.66. The number of hydrogen-bond acceptors (Lipinski definition) is 2. The van der Waals surface area contributed by atoms with Crippen LogP contribution in [0, 0.1) is 11.8 Å². The molecule has 0 heterocycles. The van der Waals surface area contributed by atoms with Crippen molar-refractivity contribution in [3.63, 3.8) is 0 Å². The number of fused-ring (bicyclic) bond motifs is 3. The van der Waals surface area contributed by atoms with Crippen LogP contribution < -0.4 is 5.32 Å². The van der Waals surface area contributed by atoms with E-state index >= 15 is 0 Å². The van der Waals surface area contributed by atoms with Gasteiger partial charge < -0.3 is 10.2 Å². The van der Waals surface area contributed by atoms with E-state index in [1.807, 2.05) is 19.0 Å². The summed E-state index contributed by atoms with van der Waals surface area (Å²) in [6, 6.07) is 8.65. The van der Waals surface area contributed by atoms with E-state index in [2.05, 4.69) is 29.6 Å². The van der Waals surface area contributed by atoms with Crippen molar-refractivity contribution in [3.8, 4) is 0 Å². The molecule has 0 saturated heterocycles. The van der Waals surface area contributed by atoms with Crippen LogP contribution in [0.5, 0.6) is 0 Å². The summed E-state index contributed by atoms with van der Waals surface area (Å²) in [5, 5.41) is 3.10. The molecule has 0 aliphatic heterocycles. The van der Waals surface area contributed by atoms with E-state index in [0.29, 0.717) is 17.7 Å². The zero-order valence-electron chi connectivity index (χ0n) is 11.7. The molecule has 0 spiro atoms. The quantitative estimate of drug-likeness (QED) is 0.890. The largest absolute Gasteiger partial charge is 0.344 e. The molecule has 1 saturated carbocycles. The average Bonchev–Trinajstić information content (AvgIpc) is 3.18. The summed E-state index contributed by atoms with van der Waals surface area (Å²) in [5.74, 6) is 1.67. The zero-order chi connectivity index (χ0) is 13.4. The van der Waals surface area contributed by atoms with Crippen LogP contribution in [-0.4, -0.2) is 38.0 Å². The zero-order valence-corrected chi connectivity index (χ0v) is 11.7. The average molecular weight is 258 g/mol. The van der Waals surface area contributed by atoms with Crippen LogP contribution >= 0.6 is 0 Å². The van der Waals surface area contributed by atoms with Crippen molar-refractivity contribution in [3.05, 3.63) is 35.4 Å². The summed E-state index contributed by atoms with van der Waals surface area (Å²) in [4.78, 5) is 14.4. The van der Waals surface area contributed by atoms with E-state index in [0.717, 1.165) is 19.5 Å². The molecular weight excluding hydrogens is 236 g/mol. The lowest BCUT2D eigenvalue weighted by Gasteiger charge is -2.17. The van der Waals surface area contributed by atoms with E-state index in [1.165, 1.54) is 17.5 Å². The van der Waals surface area contributed by atoms with Gasteiger partial charge in [0.1, 0.15) is 0 Å². The second-order valence-corrected chi connectivity index (χ2v) is 5.82. The lowest BCUT2D eigenvalue weighted by atomic mass is 9.92. The minimum Gasteiger partial charge on any atom is -0.344 e. The summed E-state index contributed by atoms with van der Waals surface area (Å²) in [6.07, 6.45) is 2.32. The molecule has 1 N–H and O–H groups in total. The molecule has 102 valence electrons. The molecule has 2 aliphatic carbocycles. The molecule has 3 rings (SSSR count). The van der Waals surface area contributed by atoms with Gasteiger partial charge in [-0.05, 0) is 42.9 Å². The van der Waals surface area contributed by atoms with E-state index in [-0.39, 0.29) is 5.92 Å². The van der Waals surface area contributed by atoms with Crippen LogP contribution in [0.1, 0.15) is 23.5 Å². The number of carbonyl (C=O) groups excluding carboxylic acids is 1. The first-order valence-corrected chi connectivity index (χ1v) is 7.21. The smallest absolute Gasteiger partial charge is 0.226 e. The topological polar surface area (TPSA) is 32.3 Å². The van der Waals surface area contributed by atoms with E-state index in [4.69, 9.17) is 0 Å². The predicted octanol–water partition coefficient (Wildman–Crippen LogP) is 1.64. The molecule has 3 unspecified atom stereocenters. The van der Waals surface area contributed by atoms with E-state index in [9.17, 15) is 4.79 Å². The molecule has 2 aliphatic rings. The normalized spacial score (nSPS) is 27.4. The number of likely N-dealkylation sites (N-methyl/N-ethyl adjacent to an activating group) is 2. The first-order valence-electron chi connectivity index (χ1n) is 7.21. The first kappa shape index (κ1) is 12.7. The molecule has 0 bridgehead atoms. The number of hydrogen-bond donors (Lipinski definition) is 1. The molecule has 3 atom stereocenters. The number of benzene rings is 1. The summed E-state index contributed by atoms with van der Waals surface area (Å²) >= 11 is 0. The number of aryl methyl sites for hydroxylation is 1. The Morgan fingerprint density at radius 2 is 2.21 bits per heavy atom. The number of nitrogens with one attached hydrogen (secondary N) is 1. The van der Waals surface area contributed by atoms with Gasteiger partial charge in [-0.15, -0.1) is 0 Å². The van der Waals surface area contributed by atoms with Gasteiger partial charge in [0.05, 0.1) is 0 Å². The molecule has 19 heavy (non-hydrogen) atoms. The Balaban J connectivity index is 1.72. The molecule has 1 fully saturated rings. The highest BCUT2D eigenvalue weighted by atomic mass is 16.2. The van der Waals surface area contributed by atoms with Crippen molar-refractivity contribution >= 4 is 5.91 Å². The van der Waals surface area contributed by atoms with Crippen molar-refractivity contribution in [2.75, 3.05) is 27.2 Å². The van der Waals surface area contributed by atoms with Gasteiger partial charge in [-0.2, -0.15) is 0 Å². The highest BCUT2D eigenvalue weighted by molar-refractivity contribution is 5.84. The van der Waals surface area contributed by atoms with Gasteiger partial charge in [0.2, 0.25) is 5.91 Å². The van der Waals surface area contributed by atoms with Crippen molar-refractivity contribution in [2.45, 2.75) is 18.8 Å². The van der Waals surface area contributed by atoms with Crippen molar-refractivity contribution in [2.24, 2.45) is 11.8 Å². The third kappa shape index (κ3) is 2.16. The van der Waals surface area contributed by atoms with Crippen LogP contribution in [-0.2, 0) is 11.2 Å². The lowest BCUT2D eigenvalue weighted by Crippen LogP contribution is -2.34. The number of rotatable bonds is 4. The summed E-state index contributed by atoms with van der Waals surface area (Å²) < 4.78 is 0. The molecular formula is C16H22N2O. The molecule has 1 aromatic rings. The molecule has 3 nitrogen and oxygen atoms in total. The van der Waals surface area contributed by atoms with Crippen molar-refractivity contribution in [1.82, 2.24) is 10.2 Å². The van der Waals surface area contributed by atoms with Crippen LogP contribution in [0.15, 0.2) is 24.3 Å². The molecule has 1 aromatic carbocycles. The Morgan fingerprint density at radius 3 is 3.00 bits per heavy atom. The van der Waals surface area contributed by atoms with Gasteiger partial charge in [0.25, 0.3) is 0 Å². The first-order chi connectivity index (χ1) is 9.24. The predicted molar refractivity (Wildman–Crippen MR) is 76.0 cm³/mol. The minimum atomic E-state index is 0.241. The molecule has 0 aromatic heterocycles. The van der Waals surface area contributed by atoms with Crippen LogP contribution in [0.4, 0.5) is 0 Å². The summed E-state index contributed by atoms with van der Waals surface area (Å²) in [5.41, 5.74) is 2.89. The highest BCUT2D eigenvalue weighted by Gasteiger charge is 2.57. The Morgan fingerprint density at radius 1 is 1.42 bits per heavy atom. The Kier molecular flexibility index (Phi) is 3.31. The second kappa shape index (κ2) is 4.97. The maximum Gasteiger partial charge on any atom is 0.226 e. The molecule has 1 amide bonds. The van der Waals surface area contributed by atoms with Crippen LogP contribution in [0.2, 0.25) is 0 Å². The Bertz CT molecular complexity index is 485.